The Kier molecular flexibility index (Phi) is 8.36. The fraction of sp³-hybridized carbons (Fsp3) is 0.143. The number of rotatable bonds is 8. The molecule has 13 heteroatoms. The lowest BCUT2D eigenvalue weighted by atomic mass is 10.2. The SMILES string of the molecule is CCOc1ccc(C(=O)NC(=S)Nc2ccc(S(=O)(=O)Nc3nccnc3OC)cc2)cc1Br. The van der Waals surface area contributed by atoms with E-state index in [1.807, 2.05) is 6.92 Å². The topological polar surface area (TPSA) is 132 Å². The van der Waals surface area contributed by atoms with Gasteiger partial charge in [0.2, 0.25) is 5.82 Å². The van der Waals surface area contributed by atoms with E-state index in [2.05, 4.69) is 41.3 Å². The molecule has 2 aromatic carbocycles. The van der Waals surface area contributed by atoms with Crippen molar-refractivity contribution in [3.05, 3.63) is 64.9 Å². The molecule has 3 aromatic rings. The van der Waals surface area contributed by atoms with Gasteiger partial charge in [0.15, 0.2) is 5.11 Å². The third-order valence-electron chi connectivity index (χ3n) is 4.23. The fourth-order valence-electron chi connectivity index (χ4n) is 2.70. The number of methoxy groups -OCH3 is 1. The zero-order chi connectivity index (χ0) is 24.7. The highest BCUT2D eigenvalue weighted by Gasteiger charge is 2.18. The third-order valence-corrected chi connectivity index (χ3v) is 6.41. The van der Waals surface area contributed by atoms with Crippen molar-refractivity contribution in [1.29, 1.82) is 0 Å². The maximum atomic E-state index is 12.6. The van der Waals surface area contributed by atoms with E-state index in [0.717, 1.165) is 0 Å². The maximum absolute atomic E-state index is 12.6. The van der Waals surface area contributed by atoms with Gasteiger partial charge in [-0.05, 0) is 77.5 Å². The van der Waals surface area contributed by atoms with Gasteiger partial charge in [0.25, 0.3) is 21.8 Å². The lowest BCUT2D eigenvalue weighted by molar-refractivity contribution is 0.0977. The molecular weight excluding hydrogens is 546 g/mol. The Labute approximate surface area is 210 Å². The summed E-state index contributed by atoms with van der Waals surface area (Å²) in [5.41, 5.74) is 0.862. The van der Waals surface area contributed by atoms with Crippen LogP contribution >= 0.6 is 28.1 Å². The third kappa shape index (κ3) is 6.40. The summed E-state index contributed by atoms with van der Waals surface area (Å²) in [6.45, 7) is 2.37. The first kappa shape index (κ1) is 25.3. The maximum Gasteiger partial charge on any atom is 0.263 e. The van der Waals surface area contributed by atoms with E-state index >= 15 is 0 Å². The van der Waals surface area contributed by atoms with Crippen molar-refractivity contribution in [3.8, 4) is 11.6 Å². The van der Waals surface area contributed by atoms with Gasteiger partial charge in [0.05, 0.1) is 23.1 Å². The number of amides is 1. The predicted molar refractivity (Wildman–Crippen MR) is 135 cm³/mol. The van der Waals surface area contributed by atoms with Crippen molar-refractivity contribution in [2.45, 2.75) is 11.8 Å². The summed E-state index contributed by atoms with van der Waals surface area (Å²) < 4.78 is 38.7. The molecule has 1 heterocycles. The zero-order valence-corrected chi connectivity index (χ0v) is 21.3. The Morgan fingerprint density at radius 3 is 2.47 bits per heavy atom. The van der Waals surface area contributed by atoms with Crippen LogP contribution in [0.25, 0.3) is 0 Å². The summed E-state index contributed by atoms with van der Waals surface area (Å²) in [6, 6.07) is 10.7. The predicted octanol–water partition coefficient (Wildman–Crippen LogP) is 3.57. The number of halogens is 1. The molecule has 3 rings (SSSR count). The second-order valence-electron chi connectivity index (χ2n) is 6.53. The van der Waals surface area contributed by atoms with E-state index in [9.17, 15) is 13.2 Å². The Hall–Kier alpha value is -3.29. The molecule has 0 bridgehead atoms. The lowest BCUT2D eigenvalue weighted by Crippen LogP contribution is -2.34. The first-order valence-corrected chi connectivity index (χ1v) is 12.4. The molecule has 10 nitrogen and oxygen atoms in total. The quantitative estimate of drug-likeness (QED) is 0.350. The smallest absolute Gasteiger partial charge is 0.263 e. The summed E-state index contributed by atoms with van der Waals surface area (Å²) in [5, 5.41) is 5.46. The van der Waals surface area contributed by atoms with E-state index in [1.165, 1.54) is 43.8 Å². The molecule has 0 radical (unpaired) electrons. The Morgan fingerprint density at radius 1 is 1.12 bits per heavy atom. The molecular formula is C21H20BrN5O5S2. The summed E-state index contributed by atoms with van der Waals surface area (Å²) in [6.07, 6.45) is 2.72. The van der Waals surface area contributed by atoms with Gasteiger partial charge in [-0.1, -0.05) is 0 Å². The van der Waals surface area contributed by atoms with Gasteiger partial charge in [-0.25, -0.2) is 18.4 Å². The number of anilines is 2. The normalized spacial score (nSPS) is 10.8. The van der Waals surface area contributed by atoms with Crippen LogP contribution in [0, 0.1) is 0 Å². The number of benzene rings is 2. The van der Waals surface area contributed by atoms with Gasteiger partial charge < -0.3 is 14.8 Å². The Bertz CT molecular complexity index is 1300. The van der Waals surface area contributed by atoms with Crippen molar-refractivity contribution in [2.24, 2.45) is 0 Å². The second kappa shape index (κ2) is 11.2. The summed E-state index contributed by atoms with van der Waals surface area (Å²) in [4.78, 5) is 20.3. The van der Waals surface area contributed by atoms with E-state index in [0.29, 0.717) is 28.1 Å². The molecule has 1 aromatic heterocycles. The molecule has 0 saturated heterocycles. The van der Waals surface area contributed by atoms with Crippen LogP contribution in [-0.2, 0) is 10.0 Å². The average molecular weight is 566 g/mol. The van der Waals surface area contributed by atoms with Gasteiger partial charge in [0, 0.05) is 23.6 Å². The van der Waals surface area contributed by atoms with Crippen LogP contribution in [0.5, 0.6) is 11.6 Å². The monoisotopic (exact) mass is 565 g/mol. The summed E-state index contributed by atoms with van der Waals surface area (Å²) in [7, 11) is -2.58. The molecule has 3 N–H and O–H groups in total. The summed E-state index contributed by atoms with van der Waals surface area (Å²) >= 11 is 8.56. The van der Waals surface area contributed by atoms with Gasteiger partial charge in [-0.2, -0.15) is 0 Å². The minimum absolute atomic E-state index is 0.0139. The molecule has 0 aliphatic heterocycles. The number of nitrogens with one attached hydrogen (secondary N) is 3. The molecule has 1 amide bonds. The van der Waals surface area contributed by atoms with Gasteiger partial charge in [-0.15, -0.1) is 0 Å². The number of hydrogen-bond donors (Lipinski definition) is 3. The number of hydrogen-bond acceptors (Lipinski definition) is 8. The van der Waals surface area contributed by atoms with Crippen molar-refractivity contribution in [1.82, 2.24) is 15.3 Å². The van der Waals surface area contributed by atoms with E-state index in [4.69, 9.17) is 21.7 Å². The molecule has 0 aliphatic carbocycles. The molecule has 0 unspecified atom stereocenters. The highest BCUT2D eigenvalue weighted by molar-refractivity contribution is 9.10. The molecule has 0 fully saturated rings. The van der Waals surface area contributed by atoms with Gasteiger partial charge >= 0.3 is 0 Å². The van der Waals surface area contributed by atoms with Crippen LogP contribution in [0.15, 0.2) is 64.2 Å². The molecule has 178 valence electrons. The first-order chi connectivity index (χ1) is 16.2. The highest BCUT2D eigenvalue weighted by Crippen LogP contribution is 2.26. The van der Waals surface area contributed by atoms with Crippen molar-refractivity contribution in [3.63, 3.8) is 0 Å². The minimum Gasteiger partial charge on any atom is -0.493 e. The van der Waals surface area contributed by atoms with E-state index in [-0.39, 0.29) is 21.7 Å². The largest absolute Gasteiger partial charge is 0.493 e. The van der Waals surface area contributed by atoms with Crippen LogP contribution in [0.2, 0.25) is 0 Å². The standard InChI is InChI=1S/C21H20BrN5O5S2/c1-3-32-17-9-4-13(12-16(17)22)19(28)26-21(33)25-14-5-7-15(8-6-14)34(29,30)27-18-20(31-2)24-11-10-23-18/h4-12H,3H2,1-2H3,(H,23,27)(H2,25,26,28,33). The number of sulfonamides is 1. The Balaban J connectivity index is 1.63. The average Bonchev–Trinajstić information content (AvgIpc) is 2.81. The van der Waals surface area contributed by atoms with Crippen LogP contribution < -0.4 is 24.8 Å². The van der Waals surface area contributed by atoms with E-state index in [1.54, 1.807) is 18.2 Å². The number of carbonyl (C=O) groups is 1. The van der Waals surface area contributed by atoms with Crippen molar-refractivity contribution < 1.29 is 22.7 Å². The van der Waals surface area contributed by atoms with Crippen molar-refractivity contribution in [2.75, 3.05) is 23.8 Å². The fourth-order valence-corrected chi connectivity index (χ4v) is 4.41. The van der Waals surface area contributed by atoms with Crippen molar-refractivity contribution >= 4 is 60.7 Å². The Morgan fingerprint density at radius 2 is 1.82 bits per heavy atom. The number of ether oxygens (including phenoxy) is 2. The molecule has 0 spiro atoms. The van der Waals surface area contributed by atoms with Crippen LogP contribution in [0.1, 0.15) is 17.3 Å². The summed E-state index contributed by atoms with van der Waals surface area (Å²) in [5.74, 6) is 0.228. The molecule has 0 saturated carbocycles. The van der Waals surface area contributed by atoms with E-state index < -0.39 is 15.9 Å². The van der Waals surface area contributed by atoms with Gasteiger partial charge in [-0.3, -0.25) is 14.8 Å². The number of carbonyl (C=O) groups excluding carboxylic acids is 1. The van der Waals surface area contributed by atoms with Crippen LogP contribution in [0.4, 0.5) is 11.5 Å². The molecule has 34 heavy (non-hydrogen) atoms. The van der Waals surface area contributed by atoms with Gasteiger partial charge in [0.1, 0.15) is 5.75 Å². The minimum atomic E-state index is -3.94. The zero-order valence-electron chi connectivity index (χ0n) is 18.0. The van der Waals surface area contributed by atoms with Crippen LogP contribution in [-0.4, -0.2) is 43.1 Å². The molecule has 0 atom stereocenters. The molecule has 0 aliphatic rings. The first-order valence-electron chi connectivity index (χ1n) is 9.76. The number of thiocarbonyl (C=S) groups is 1. The lowest BCUT2D eigenvalue weighted by Gasteiger charge is -2.12. The highest BCUT2D eigenvalue weighted by atomic mass is 79.9. The van der Waals surface area contributed by atoms with Crippen LogP contribution in [0.3, 0.4) is 0 Å². The second-order valence-corrected chi connectivity index (χ2v) is 9.48. The number of nitrogens with zero attached hydrogens (tertiary/aromatic N) is 2. The number of aromatic nitrogens is 2.